The van der Waals surface area contributed by atoms with E-state index in [2.05, 4.69) is 31.0 Å². The summed E-state index contributed by atoms with van der Waals surface area (Å²) in [6.07, 6.45) is 0. The molecule has 0 aromatic rings. The molecule has 1 N–H and O–H groups in total. The second kappa shape index (κ2) is 2.94. The summed E-state index contributed by atoms with van der Waals surface area (Å²) >= 11 is 0. The summed E-state index contributed by atoms with van der Waals surface area (Å²) in [7, 11) is 1.80. The van der Waals surface area contributed by atoms with Crippen molar-refractivity contribution in [1.29, 1.82) is 0 Å². The van der Waals surface area contributed by atoms with E-state index in [4.69, 9.17) is 0 Å². The Labute approximate surface area is 73.5 Å². The van der Waals surface area contributed by atoms with Gasteiger partial charge in [-0.05, 0) is 20.8 Å². The second-order valence-corrected chi connectivity index (χ2v) is 4.19. The second-order valence-electron chi connectivity index (χ2n) is 4.19. The third-order valence-corrected chi connectivity index (χ3v) is 2.10. The third kappa shape index (κ3) is 1.88. The SMILES string of the molecule is CN1CN(C(C)(C)C)CNC1=O. The number of carbonyl (C=O) groups is 1. The molecule has 0 radical (unpaired) electrons. The van der Waals surface area contributed by atoms with Gasteiger partial charge in [0.05, 0.1) is 13.3 Å². The molecular weight excluding hydrogens is 154 g/mol. The minimum absolute atomic E-state index is 0.00972. The van der Waals surface area contributed by atoms with Crippen LogP contribution in [0.2, 0.25) is 0 Å². The lowest BCUT2D eigenvalue weighted by atomic mass is 10.1. The first-order valence-electron chi connectivity index (χ1n) is 4.15. The fraction of sp³-hybridized carbons (Fsp3) is 0.875. The summed E-state index contributed by atoms with van der Waals surface area (Å²) in [6, 6.07) is 0.00972. The van der Waals surface area contributed by atoms with Crippen molar-refractivity contribution in [3.8, 4) is 0 Å². The molecule has 0 saturated carbocycles. The smallest absolute Gasteiger partial charge is 0.319 e. The van der Waals surface area contributed by atoms with Crippen molar-refractivity contribution < 1.29 is 4.79 Å². The number of hydrogen-bond acceptors (Lipinski definition) is 2. The first-order valence-corrected chi connectivity index (χ1v) is 4.15. The number of urea groups is 1. The van der Waals surface area contributed by atoms with Crippen LogP contribution in [0.1, 0.15) is 20.8 Å². The zero-order valence-corrected chi connectivity index (χ0v) is 8.22. The number of carbonyl (C=O) groups excluding carboxylic acids is 1. The van der Waals surface area contributed by atoms with E-state index in [1.807, 2.05) is 0 Å². The maximum Gasteiger partial charge on any atom is 0.319 e. The van der Waals surface area contributed by atoms with Gasteiger partial charge in [-0.15, -0.1) is 0 Å². The molecule has 4 nitrogen and oxygen atoms in total. The highest BCUT2D eigenvalue weighted by Crippen LogP contribution is 2.14. The van der Waals surface area contributed by atoms with Crippen LogP contribution in [0.25, 0.3) is 0 Å². The molecular formula is C8H17N3O. The van der Waals surface area contributed by atoms with Gasteiger partial charge in [-0.1, -0.05) is 0 Å². The lowest BCUT2D eigenvalue weighted by Gasteiger charge is -2.41. The summed E-state index contributed by atoms with van der Waals surface area (Å²) in [5.41, 5.74) is 0.113. The van der Waals surface area contributed by atoms with Crippen molar-refractivity contribution in [1.82, 2.24) is 15.1 Å². The number of rotatable bonds is 0. The molecule has 0 spiro atoms. The van der Waals surface area contributed by atoms with E-state index in [0.717, 1.165) is 0 Å². The molecule has 0 aromatic heterocycles. The highest BCUT2D eigenvalue weighted by Gasteiger charge is 2.27. The molecule has 1 aliphatic rings. The minimum atomic E-state index is 0.00972. The Morgan fingerprint density at radius 3 is 2.42 bits per heavy atom. The lowest BCUT2D eigenvalue weighted by Crippen LogP contribution is -2.59. The molecule has 1 aliphatic heterocycles. The van der Waals surface area contributed by atoms with E-state index in [9.17, 15) is 4.79 Å². The Bertz CT molecular complexity index is 185. The van der Waals surface area contributed by atoms with E-state index in [0.29, 0.717) is 13.3 Å². The standard InChI is InChI=1S/C8H17N3O/c1-8(2,3)11-5-9-7(12)10(4)6-11/h5-6H2,1-4H3,(H,9,12). The van der Waals surface area contributed by atoms with Crippen LogP contribution < -0.4 is 5.32 Å². The molecule has 1 fully saturated rings. The fourth-order valence-corrected chi connectivity index (χ4v) is 1.12. The fourth-order valence-electron chi connectivity index (χ4n) is 1.12. The predicted molar refractivity (Wildman–Crippen MR) is 47.6 cm³/mol. The van der Waals surface area contributed by atoms with Crippen molar-refractivity contribution >= 4 is 6.03 Å². The molecule has 1 heterocycles. The van der Waals surface area contributed by atoms with Gasteiger partial charge in [0, 0.05) is 12.6 Å². The van der Waals surface area contributed by atoms with Crippen LogP contribution in [0.5, 0.6) is 0 Å². The van der Waals surface area contributed by atoms with Crippen molar-refractivity contribution in [2.24, 2.45) is 0 Å². The van der Waals surface area contributed by atoms with Crippen LogP contribution in [0, 0.1) is 0 Å². The molecule has 0 unspecified atom stereocenters. The maximum absolute atomic E-state index is 11.1. The highest BCUT2D eigenvalue weighted by atomic mass is 16.2. The van der Waals surface area contributed by atoms with Gasteiger partial charge in [0.1, 0.15) is 0 Å². The number of amides is 2. The van der Waals surface area contributed by atoms with Crippen molar-refractivity contribution in [2.75, 3.05) is 20.4 Å². The Hall–Kier alpha value is -0.770. The topological polar surface area (TPSA) is 35.6 Å². The maximum atomic E-state index is 11.1. The van der Waals surface area contributed by atoms with Gasteiger partial charge in [0.25, 0.3) is 0 Å². The van der Waals surface area contributed by atoms with Crippen molar-refractivity contribution in [3.63, 3.8) is 0 Å². The zero-order chi connectivity index (χ0) is 9.35. The average molecular weight is 171 g/mol. The first-order chi connectivity index (χ1) is 5.41. The monoisotopic (exact) mass is 171 g/mol. The molecule has 4 heteroatoms. The Morgan fingerprint density at radius 2 is 2.00 bits per heavy atom. The molecule has 0 aromatic carbocycles. The minimum Gasteiger partial charge on any atom is -0.325 e. The number of nitrogens with one attached hydrogen (secondary N) is 1. The molecule has 70 valence electrons. The predicted octanol–water partition coefficient (Wildman–Crippen LogP) is 0.657. The Kier molecular flexibility index (Phi) is 2.28. The van der Waals surface area contributed by atoms with E-state index in [1.54, 1.807) is 11.9 Å². The van der Waals surface area contributed by atoms with Crippen molar-refractivity contribution in [2.45, 2.75) is 26.3 Å². The summed E-state index contributed by atoms with van der Waals surface area (Å²) in [5, 5.41) is 2.80. The van der Waals surface area contributed by atoms with Crippen molar-refractivity contribution in [3.05, 3.63) is 0 Å². The van der Waals surface area contributed by atoms with Gasteiger partial charge >= 0.3 is 6.03 Å². The van der Waals surface area contributed by atoms with Gasteiger partial charge in [0.2, 0.25) is 0 Å². The molecule has 1 saturated heterocycles. The van der Waals surface area contributed by atoms with Gasteiger partial charge in [-0.2, -0.15) is 0 Å². The van der Waals surface area contributed by atoms with Crippen LogP contribution in [0.3, 0.4) is 0 Å². The summed E-state index contributed by atoms with van der Waals surface area (Å²) in [6.45, 7) is 7.76. The van der Waals surface area contributed by atoms with Gasteiger partial charge in [-0.3, -0.25) is 4.90 Å². The molecule has 0 bridgehead atoms. The Morgan fingerprint density at radius 1 is 1.42 bits per heavy atom. The molecule has 0 atom stereocenters. The molecule has 12 heavy (non-hydrogen) atoms. The van der Waals surface area contributed by atoms with E-state index < -0.39 is 0 Å². The third-order valence-electron chi connectivity index (χ3n) is 2.10. The van der Waals surface area contributed by atoms with Crippen LogP contribution in [-0.4, -0.2) is 41.8 Å². The van der Waals surface area contributed by atoms with E-state index in [-0.39, 0.29) is 11.6 Å². The highest BCUT2D eigenvalue weighted by molar-refractivity contribution is 5.74. The average Bonchev–Trinajstić information content (AvgIpc) is 1.92. The van der Waals surface area contributed by atoms with Gasteiger partial charge in [0.15, 0.2) is 0 Å². The normalized spacial score (nSPS) is 21.0. The number of nitrogens with zero attached hydrogens (tertiary/aromatic N) is 2. The van der Waals surface area contributed by atoms with Gasteiger partial charge in [-0.25, -0.2) is 4.79 Å². The van der Waals surface area contributed by atoms with Crippen LogP contribution >= 0.6 is 0 Å². The molecule has 2 amide bonds. The van der Waals surface area contributed by atoms with Gasteiger partial charge < -0.3 is 10.2 Å². The Balaban J connectivity index is 2.57. The van der Waals surface area contributed by atoms with Crippen LogP contribution in [0.4, 0.5) is 4.79 Å². The van der Waals surface area contributed by atoms with Crippen LogP contribution in [0.15, 0.2) is 0 Å². The summed E-state index contributed by atoms with van der Waals surface area (Å²) in [5.74, 6) is 0. The molecule has 0 aliphatic carbocycles. The lowest BCUT2D eigenvalue weighted by molar-refractivity contribution is 0.0492. The zero-order valence-electron chi connectivity index (χ0n) is 8.22. The number of hydrogen-bond donors (Lipinski definition) is 1. The van der Waals surface area contributed by atoms with Crippen LogP contribution in [-0.2, 0) is 0 Å². The van der Waals surface area contributed by atoms with E-state index in [1.165, 1.54) is 0 Å². The van der Waals surface area contributed by atoms with E-state index >= 15 is 0 Å². The molecule has 1 rings (SSSR count). The first kappa shape index (κ1) is 9.32. The quantitative estimate of drug-likeness (QED) is 0.581. The summed E-state index contributed by atoms with van der Waals surface area (Å²) < 4.78 is 0. The summed E-state index contributed by atoms with van der Waals surface area (Å²) in [4.78, 5) is 14.9. The largest absolute Gasteiger partial charge is 0.325 e.